The Bertz CT molecular complexity index is 57.9. The molecule has 0 aliphatic rings. The van der Waals surface area contributed by atoms with E-state index in [1.165, 1.54) is 0 Å². The van der Waals surface area contributed by atoms with Crippen molar-refractivity contribution in [3.63, 3.8) is 0 Å². The van der Waals surface area contributed by atoms with Crippen molar-refractivity contribution in [1.82, 2.24) is 10.5 Å². The summed E-state index contributed by atoms with van der Waals surface area (Å²) in [7, 11) is 2.81. The van der Waals surface area contributed by atoms with Gasteiger partial charge in [-0.3, -0.25) is 0 Å². The van der Waals surface area contributed by atoms with Gasteiger partial charge in [0, 0.05) is 5.54 Å². The van der Waals surface area contributed by atoms with Crippen molar-refractivity contribution in [3.8, 4) is 0 Å². The fourth-order valence-corrected chi connectivity index (χ4v) is 0.354. The third-order valence-electron chi connectivity index (χ3n) is 0.795. The fourth-order valence-electron chi connectivity index (χ4n) is 0.354. The van der Waals surface area contributed by atoms with Crippen LogP contribution in [0.15, 0.2) is 0 Å². The molecule has 8 heavy (non-hydrogen) atoms. The Kier molecular flexibility index (Phi) is 3.09. The quantitative estimate of drug-likeness (QED) is 0.488. The van der Waals surface area contributed by atoms with Gasteiger partial charge in [0.05, 0.1) is 0 Å². The second-order valence-electron chi connectivity index (χ2n) is 2.96. The van der Waals surface area contributed by atoms with Crippen molar-refractivity contribution in [1.29, 1.82) is 0 Å². The van der Waals surface area contributed by atoms with E-state index in [1.807, 2.05) is 7.05 Å². The van der Waals surface area contributed by atoms with Gasteiger partial charge in [0.1, 0.15) is 0 Å². The summed E-state index contributed by atoms with van der Waals surface area (Å²) in [5.74, 6) is 0. The monoisotopic (exact) mass is 114 g/mol. The second-order valence-corrected chi connectivity index (χ2v) is 2.96. The summed E-state index contributed by atoms with van der Waals surface area (Å²) in [6.45, 7) is 6.43. The molecule has 0 aliphatic heterocycles. The molecule has 0 bridgehead atoms. The normalized spacial score (nSPS) is 11.5. The van der Waals surface area contributed by atoms with E-state index in [0.717, 1.165) is 7.55 Å². The van der Waals surface area contributed by atoms with Crippen LogP contribution in [0.3, 0.4) is 0 Å². The highest BCUT2D eigenvalue weighted by molar-refractivity contribution is 6.28. The molecule has 0 spiro atoms. The van der Waals surface area contributed by atoms with Crippen LogP contribution in [0.4, 0.5) is 0 Å². The highest BCUT2D eigenvalue weighted by Crippen LogP contribution is 1.94. The van der Waals surface area contributed by atoms with E-state index in [9.17, 15) is 0 Å². The minimum atomic E-state index is 0.239. The SMILES string of the molecule is CNBNC(C)(C)C. The first kappa shape index (κ1) is 7.98. The first-order valence-electron chi connectivity index (χ1n) is 2.96. The van der Waals surface area contributed by atoms with Gasteiger partial charge in [0.25, 0.3) is 7.55 Å². The average Bonchev–Trinajstić information content (AvgIpc) is 1.59. The zero-order valence-electron chi connectivity index (χ0n) is 6.21. The smallest absolute Gasteiger partial charge is 0.286 e. The van der Waals surface area contributed by atoms with Gasteiger partial charge in [-0.25, -0.2) is 0 Å². The first-order valence-corrected chi connectivity index (χ1v) is 2.96. The molecule has 0 aromatic rings. The standard InChI is InChI=1S/C5H15BN2/c1-5(2,3)8-6-7-4/h6-8H,1-4H3. The molecule has 0 fully saturated rings. The van der Waals surface area contributed by atoms with Crippen molar-refractivity contribution in [2.24, 2.45) is 0 Å². The van der Waals surface area contributed by atoms with Crippen molar-refractivity contribution in [2.75, 3.05) is 7.05 Å². The molecule has 48 valence electrons. The highest BCUT2D eigenvalue weighted by Gasteiger charge is 2.06. The molecule has 0 atom stereocenters. The molecular formula is C5H15BN2. The maximum atomic E-state index is 3.26. The summed E-state index contributed by atoms with van der Waals surface area (Å²) in [5, 5.41) is 6.27. The molecule has 0 unspecified atom stereocenters. The maximum absolute atomic E-state index is 3.26. The third-order valence-corrected chi connectivity index (χ3v) is 0.795. The Morgan fingerprint density at radius 3 is 1.88 bits per heavy atom. The summed E-state index contributed by atoms with van der Waals surface area (Å²) in [5.41, 5.74) is 0.239. The molecule has 0 rings (SSSR count). The lowest BCUT2D eigenvalue weighted by Gasteiger charge is -2.19. The van der Waals surface area contributed by atoms with E-state index < -0.39 is 0 Å². The second kappa shape index (κ2) is 3.10. The fraction of sp³-hybridized carbons (Fsp3) is 1.00. The zero-order valence-corrected chi connectivity index (χ0v) is 6.21. The van der Waals surface area contributed by atoms with Crippen LogP contribution in [-0.2, 0) is 0 Å². The van der Waals surface area contributed by atoms with Crippen LogP contribution >= 0.6 is 0 Å². The molecule has 0 saturated carbocycles. The zero-order chi connectivity index (χ0) is 6.62. The lowest BCUT2D eigenvalue weighted by atomic mass is 10.0. The number of nitrogens with one attached hydrogen (secondary N) is 2. The summed E-state index contributed by atoms with van der Waals surface area (Å²) < 4.78 is 0. The van der Waals surface area contributed by atoms with Gasteiger partial charge in [-0.2, -0.15) is 0 Å². The van der Waals surface area contributed by atoms with Gasteiger partial charge in [0.2, 0.25) is 0 Å². The number of rotatable bonds is 2. The molecule has 2 N–H and O–H groups in total. The van der Waals surface area contributed by atoms with Gasteiger partial charge in [-0.15, -0.1) is 0 Å². The minimum absolute atomic E-state index is 0.239. The van der Waals surface area contributed by atoms with Crippen LogP contribution in [0.25, 0.3) is 0 Å². The van der Waals surface area contributed by atoms with Gasteiger partial charge in [-0.1, -0.05) is 0 Å². The lowest BCUT2D eigenvalue weighted by Crippen LogP contribution is -2.43. The predicted octanol–water partition coefficient (Wildman–Crippen LogP) is -0.140. The van der Waals surface area contributed by atoms with Gasteiger partial charge in [-0.05, 0) is 27.8 Å². The van der Waals surface area contributed by atoms with Crippen molar-refractivity contribution in [3.05, 3.63) is 0 Å². The molecule has 0 aromatic heterocycles. The Morgan fingerprint density at radius 1 is 1.25 bits per heavy atom. The summed E-state index contributed by atoms with van der Waals surface area (Å²) in [6.07, 6.45) is 0. The van der Waals surface area contributed by atoms with Gasteiger partial charge >= 0.3 is 0 Å². The highest BCUT2D eigenvalue weighted by atomic mass is 14.9. The Hall–Kier alpha value is -0.0151. The Morgan fingerprint density at radius 2 is 1.75 bits per heavy atom. The molecule has 2 nitrogen and oxygen atoms in total. The molecule has 0 aromatic carbocycles. The predicted molar refractivity (Wildman–Crippen MR) is 39.1 cm³/mol. The van der Waals surface area contributed by atoms with Crippen molar-refractivity contribution in [2.45, 2.75) is 26.3 Å². The molecule has 0 heterocycles. The maximum Gasteiger partial charge on any atom is 0.286 e. The van der Waals surface area contributed by atoms with Crippen molar-refractivity contribution < 1.29 is 0 Å². The van der Waals surface area contributed by atoms with E-state index in [4.69, 9.17) is 0 Å². The average molecular weight is 114 g/mol. The third kappa shape index (κ3) is 5.98. The van der Waals surface area contributed by atoms with Gasteiger partial charge < -0.3 is 10.5 Å². The largest absolute Gasteiger partial charge is 0.348 e. The number of hydrogen-bond donors (Lipinski definition) is 2. The van der Waals surface area contributed by atoms with Crippen LogP contribution in [0.2, 0.25) is 0 Å². The van der Waals surface area contributed by atoms with Crippen LogP contribution in [0, 0.1) is 0 Å². The number of hydrogen-bond acceptors (Lipinski definition) is 2. The summed E-state index contributed by atoms with van der Waals surface area (Å²) in [6, 6.07) is 0. The van der Waals surface area contributed by atoms with E-state index in [-0.39, 0.29) is 5.54 Å². The van der Waals surface area contributed by atoms with Crippen LogP contribution < -0.4 is 10.5 Å². The lowest BCUT2D eigenvalue weighted by molar-refractivity contribution is 0.520. The topological polar surface area (TPSA) is 24.1 Å². The molecular weight excluding hydrogens is 98.9 g/mol. The molecule has 0 amide bonds. The van der Waals surface area contributed by atoms with Crippen LogP contribution in [-0.4, -0.2) is 20.1 Å². The summed E-state index contributed by atoms with van der Waals surface area (Å²) in [4.78, 5) is 0. The van der Waals surface area contributed by atoms with E-state index in [2.05, 4.69) is 31.2 Å². The molecule has 0 radical (unpaired) electrons. The Labute approximate surface area is 52.3 Å². The Balaban J connectivity index is 3.11. The van der Waals surface area contributed by atoms with Crippen molar-refractivity contribution >= 4 is 7.55 Å². The molecule has 0 saturated heterocycles. The van der Waals surface area contributed by atoms with Crippen LogP contribution in [0.5, 0.6) is 0 Å². The van der Waals surface area contributed by atoms with E-state index in [1.54, 1.807) is 0 Å². The van der Waals surface area contributed by atoms with Gasteiger partial charge in [0.15, 0.2) is 0 Å². The van der Waals surface area contributed by atoms with E-state index in [0.29, 0.717) is 0 Å². The first-order chi connectivity index (χ1) is 3.56. The molecule has 0 aliphatic carbocycles. The molecule has 3 heteroatoms. The van der Waals surface area contributed by atoms with Crippen LogP contribution in [0.1, 0.15) is 20.8 Å². The minimum Gasteiger partial charge on any atom is -0.348 e. The van der Waals surface area contributed by atoms with E-state index >= 15 is 0 Å². The summed E-state index contributed by atoms with van der Waals surface area (Å²) >= 11 is 0.